The Morgan fingerprint density at radius 2 is 1.72 bits per heavy atom. The maximum atomic E-state index is 13.1. The third-order valence-electron chi connectivity index (χ3n) is 5.82. The lowest BCUT2D eigenvalue weighted by Crippen LogP contribution is -2.49. The first kappa shape index (κ1) is 21.1. The van der Waals surface area contributed by atoms with E-state index in [1.165, 1.54) is 16.5 Å². The molecule has 4 nitrogen and oxygen atoms in total. The zero-order valence-corrected chi connectivity index (χ0v) is 17.8. The predicted octanol–water partition coefficient (Wildman–Crippen LogP) is 4.73. The first-order valence-corrected chi connectivity index (χ1v) is 10.8. The molecule has 154 valence electrons. The molecular formula is C25H33N3O. The standard InChI is InChI=1S/C23H27N3O.C2H6/c1-24-22(15-19-16-25-21-10-6-5-9-20(19)21)23(27)26-13-11-18(12-14-26)17-7-3-2-4-8-17;1-2/h2-10,16,18,22,24-25H,11-15H2,1H3;1-2H3. The second kappa shape index (κ2) is 10.3. The summed E-state index contributed by atoms with van der Waals surface area (Å²) in [6, 6.07) is 18.8. The van der Waals surface area contributed by atoms with Crippen LogP contribution in [0.4, 0.5) is 0 Å². The number of fused-ring (bicyclic) bond motifs is 1. The number of hydrogen-bond acceptors (Lipinski definition) is 2. The molecule has 0 spiro atoms. The van der Waals surface area contributed by atoms with Gasteiger partial charge in [0.25, 0.3) is 0 Å². The highest BCUT2D eigenvalue weighted by Crippen LogP contribution is 2.28. The molecule has 1 fully saturated rings. The fourth-order valence-corrected chi connectivity index (χ4v) is 4.21. The van der Waals surface area contributed by atoms with Gasteiger partial charge in [-0.15, -0.1) is 0 Å². The fraction of sp³-hybridized carbons (Fsp3) is 0.400. The van der Waals surface area contributed by atoms with E-state index in [1.807, 2.05) is 44.1 Å². The molecule has 1 aliphatic rings. The summed E-state index contributed by atoms with van der Waals surface area (Å²) in [5.41, 5.74) is 3.71. The number of benzene rings is 2. The van der Waals surface area contributed by atoms with Crippen molar-refractivity contribution in [2.75, 3.05) is 20.1 Å². The number of carbonyl (C=O) groups excluding carboxylic acids is 1. The number of nitrogens with zero attached hydrogens (tertiary/aromatic N) is 1. The van der Waals surface area contributed by atoms with Crippen LogP contribution in [0.2, 0.25) is 0 Å². The van der Waals surface area contributed by atoms with Crippen LogP contribution in [0.25, 0.3) is 10.9 Å². The van der Waals surface area contributed by atoms with E-state index in [-0.39, 0.29) is 11.9 Å². The molecule has 3 aromatic rings. The van der Waals surface area contributed by atoms with Crippen molar-refractivity contribution in [3.05, 3.63) is 71.9 Å². The van der Waals surface area contributed by atoms with Gasteiger partial charge in [-0.25, -0.2) is 0 Å². The maximum Gasteiger partial charge on any atom is 0.240 e. The summed E-state index contributed by atoms with van der Waals surface area (Å²) in [5.74, 6) is 0.784. The average Bonchev–Trinajstić information content (AvgIpc) is 3.22. The number of nitrogens with one attached hydrogen (secondary N) is 2. The molecule has 29 heavy (non-hydrogen) atoms. The van der Waals surface area contributed by atoms with Crippen LogP contribution in [0.3, 0.4) is 0 Å². The number of likely N-dealkylation sites (tertiary alicyclic amines) is 1. The van der Waals surface area contributed by atoms with Crippen molar-refractivity contribution < 1.29 is 4.79 Å². The van der Waals surface area contributed by atoms with Crippen molar-refractivity contribution in [2.24, 2.45) is 0 Å². The van der Waals surface area contributed by atoms with Gasteiger partial charge in [0, 0.05) is 30.2 Å². The summed E-state index contributed by atoms with van der Waals surface area (Å²) in [5, 5.41) is 4.44. The number of H-pyrrole nitrogens is 1. The minimum atomic E-state index is -0.183. The summed E-state index contributed by atoms with van der Waals surface area (Å²) in [6.45, 7) is 5.68. The lowest BCUT2D eigenvalue weighted by molar-refractivity contribution is -0.134. The Labute approximate surface area is 174 Å². The van der Waals surface area contributed by atoms with Crippen molar-refractivity contribution in [1.29, 1.82) is 0 Å². The van der Waals surface area contributed by atoms with Gasteiger partial charge >= 0.3 is 0 Å². The van der Waals surface area contributed by atoms with Gasteiger partial charge in [-0.05, 0) is 49.4 Å². The monoisotopic (exact) mass is 391 g/mol. The Balaban J connectivity index is 0.00000117. The van der Waals surface area contributed by atoms with E-state index < -0.39 is 0 Å². The van der Waals surface area contributed by atoms with Crippen LogP contribution in [0.1, 0.15) is 43.7 Å². The van der Waals surface area contributed by atoms with Crippen LogP contribution in [-0.4, -0.2) is 42.0 Å². The minimum Gasteiger partial charge on any atom is -0.361 e. The molecular weight excluding hydrogens is 358 g/mol. The van der Waals surface area contributed by atoms with Crippen LogP contribution in [0.5, 0.6) is 0 Å². The zero-order valence-electron chi connectivity index (χ0n) is 17.8. The molecule has 2 heterocycles. The van der Waals surface area contributed by atoms with Gasteiger partial charge in [0.05, 0.1) is 6.04 Å². The second-order valence-corrected chi connectivity index (χ2v) is 7.42. The Morgan fingerprint density at radius 1 is 1.07 bits per heavy atom. The largest absolute Gasteiger partial charge is 0.361 e. The highest BCUT2D eigenvalue weighted by atomic mass is 16.2. The normalized spacial score (nSPS) is 15.6. The van der Waals surface area contributed by atoms with E-state index in [2.05, 4.69) is 52.8 Å². The van der Waals surface area contributed by atoms with Crippen LogP contribution in [0, 0.1) is 0 Å². The molecule has 1 aromatic heterocycles. The maximum absolute atomic E-state index is 13.1. The van der Waals surface area contributed by atoms with Crippen molar-refractivity contribution in [3.63, 3.8) is 0 Å². The number of aromatic amines is 1. The van der Waals surface area contributed by atoms with E-state index in [1.54, 1.807) is 0 Å². The SMILES string of the molecule is CC.CNC(Cc1c[nH]c2ccccc12)C(=O)N1CCC(c2ccccc2)CC1. The number of para-hydroxylation sites is 1. The summed E-state index contributed by atoms with van der Waals surface area (Å²) in [4.78, 5) is 18.4. The number of likely N-dealkylation sites (N-methyl/N-ethyl adjacent to an activating group) is 1. The molecule has 2 aromatic carbocycles. The number of rotatable bonds is 5. The van der Waals surface area contributed by atoms with E-state index in [0.717, 1.165) is 31.4 Å². The molecule has 1 unspecified atom stereocenters. The van der Waals surface area contributed by atoms with E-state index in [0.29, 0.717) is 12.3 Å². The fourth-order valence-electron chi connectivity index (χ4n) is 4.21. The molecule has 1 amide bonds. The molecule has 1 saturated heterocycles. The zero-order chi connectivity index (χ0) is 20.6. The number of piperidine rings is 1. The molecule has 4 heteroatoms. The van der Waals surface area contributed by atoms with Crippen LogP contribution in [0.15, 0.2) is 60.8 Å². The first-order valence-electron chi connectivity index (χ1n) is 10.8. The highest BCUT2D eigenvalue weighted by molar-refractivity contribution is 5.86. The molecule has 0 saturated carbocycles. The van der Waals surface area contributed by atoms with E-state index in [9.17, 15) is 4.79 Å². The quantitative estimate of drug-likeness (QED) is 0.660. The third-order valence-corrected chi connectivity index (χ3v) is 5.82. The third kappa shape index (κ3) is 4.88. The average molecular weight is 392 g/mol. The van der Waals surface area contributed by atoms with Gasteiger partial charge in [-0.1, -0.05) is 62.4 Å². The summed E-state index contributed by atoms with van der Waals surface area (Å²) in [7, 11) is 1.88. The van der Waals surface area contributed by atoms with Crippen LogP contribution in [-0.2, 0) is 11.2 Å². The topological polar surface area (TPSA) is 48.1 Å². The molecule has 1 aliphatic heterocycles. The van der Waals surface area contributed by atoms with Gasteiger partial charge in [0.2, 0.25) is 5.91 Å². The molecule has 2 N–H and O–H groups in total. The Bertz CT molecular complexity index is 895. The highest BCUT2D eigenvalue weighted by Gasteiger charge is 2.28. The second-order valence-electron chi connectivity index (χ2n) is 7.42. The van der Waals surface area contributed by atoms with Gasteiger partial charge in [-0.2, -0.15) is 0 Å². The molecule has 0 bridgehead atoms. The first-order chi connectivity index (χ1) is 14.3. The van der Waals surface area contributed by atoms with Gasteiger partial charge in [0.15, 0.2) is 0 Å². The molecule has 0 aliphatic carbocycles. The summed E-state index contributed by atoms with van der Waals surface area (Å²) < 4.78 is 0. The number of hydrogen-bond donors (Lipinski definition) is 2. The van der Waals surface area contributed by atoms with Crippen LogP contribution < -0.4 is 5.32 Å². The molecule has 4 rings (SSSR count). The Hall–Kier alpha value is -2.59. The Morgan fingerprint density at radius 3 is 2.41 bits per heavy atom. The van der Waals surface area contributed by atoms with Gasteiger partial charge < -0.3 is 15.2 Å². The Kier molecular flexibility index (Phi) is 7.48. The van der Waals surface area contributed by atoms with E-state index >= 15 is 0 Å². The number of aromatic nitrogens is 1. The molecule has 1 atom stereocenters. The van der Waals surface area contributed by atoms with Gasteiger partial charge in [-0.3, -0.25) is 4.79 Å². The smallest absolute Gasteiger partial charge is 0.240 e. The summed E-state index contributed by atoms with van der Waals surface area (Å²) in [6.07, 6.45) is 4.82. The van der Waals surface area contributed by atoms with Gasteiger partial charge in [0.1, 0.15) is 0 Å². The van der Waals surface area contributed by atoms with Crippen LogP contribution >= 0.6 is 0 Å². The van der Waals surface area contributed by atoms with Crippen molar-refractivity contribution >= 4 is 16.8 Å². The number of carbonyl (C=O) groups is 1. The van der Waals surface area contributed by atoms with Crippen molar-refractivity contribution in [3.8, 4) is 0 Å². The minimum absolute atomic E-state index is 0.183. The predicted molar refractivity (Wildman–Crippen MR) is 121 cm³/mol. The molecule has 0 radical (unpaired) electrons. The number of amides is 1. The van der Waals surface area contributed by atoms with Crippen molar-refractivity contribution in [2.45, 2.75) is 45.1 Å². The lowest BCUT2D eigenvalue weighted by atomic mass is 9.89. The van der Waals surface area contributed by atoms with Crippen molar-refractivity contribution in [1.82, 2.24) is 15.2 Å². The van der Waals surface area contributed by atoms with E-state index in [4.69, 9.17) is 0 Å². The lowest BCUT2D eigenvalue weighted by Gasteiger charge is -2.34. The summed E-state index contributed by atoms with van der Waals surface area (Å²) >= 11 is 0.